The molecule has 5 rings (SSSR count). The van der Waals surface area contributed by atoms with E-state index in [2.05, 4.69) is 4.72 Å². The summed E-state index contributed by atoms with van der Waals surface area (Å²) in [5.74, 6) is -6.70. The first kappa shape index (κ1) is 40.0. The Morgan fingerprint density at radius 3 is 2.06 bits per heavy atom. The first-order chi connectivity index (χ1) is 24.0. The lowest BCUT2D eigenvalue weighted by molar-refractivity contribution is -0.192. The lowest BCUT2D eigenvalue weighted by atomic mass is 9.90. The normalized spacial score (nSPS) is 16.9. The number of benzene rings is 3. The van der Waals surface area contributed by atoms with Crippen molar-refractivity contribution in [3.05, 3.63) is 83.4 Å². The smallest absolute Gasteiger partial charge is 0.490 e. The van der Waals surface area contributed by atoms with Crippen molar-refractivity contribution < 1.29 is 49.8 Å². The highest BCUT2D eigenvalue weighted by Crippen LogP contribution is 2.37. The summed E-state index contributed by atoms with van der Waals surface area (Å²) in [6.07, 6.45) is 1.58. The maximum Gasteiger partial charge on any atom is 0.490 e. The van der Waals surface area contributed by atoms with Crippen molar-refractivity contribution >= 4 is 33.5 Å². The van der Waals surface area contributed by atoms with Crippen LogP contribution in [-0.2, 0) is 25.5 Å². The summed E-state index contributed by atoms with van der Waals surface area (Å²) in [5.41, 5.74) is 6.59. The zero-order valence-electron chi connectivity index (χ0n) is 27.4. The molecule has 278 valence electrons. The Kier molecular flexibility index (Phi) is 13.4. The molecule has 3 aromatic rings. The molecule has 0 radical (unpaired) electrons. The van der Waals surface area contributed by atoms with Crippen molar-refractivity contribution in [2.75, 3.05) is 19.7 Å². The Morgan fingerprint density at radius 1 is 0.902 bits per heavy atom. The molecule has 4 N–H and O–H groups in total. The number of hydrogen-bond acceptors (Lipinski definition) is 6. The van der Waals surface area contributed by atoms with Gasteiger partial charge in [0.2, 0.25) is 15.9 Å². The Hall–Kier alpha value is -3.79. The van der Waals surface area contributed by atoms with E-state index in [1.165, 1.54) is 66.6 Å². The van der Waals surface area contributed by atoms with Crippen molar-refractivity contribution in [2.45, 2.75) is 74.0 Å². The minimum atomic E-state index is -5.08. The Labute approximate surface area is 298 Å². The fraction of sp³-hybridized carbons (Fsp3) is 0.429. The molecule has 1 saturated carbocycles. The number of ether oxygens (including phenoxy) is 1. The number of carbonyl (C=O) groups excluding carboxylic acids is 1. The molecule has 2 fully saturated rings. The SMILES string of the molecule is NC1CCN(C(=O)C(NS(=O)(=O)c2ccc(OCC3CCCCC3)cc2)C(F)(F)c2cccc(-c3ccc(Cl)cc3)c2)CC1.O=C(O)C(F)(F)F. The zero-order valence-corrected chi connectivity index (χ0v) is 29.0. The van der Waals surface area contributed by atoms with Crippen LogP contribution in [-0.4, -0.2) is 68.3 Å². The van der Waals surface area contributed by atoms with E-state index in [-0.39, 0.29) is 24.0 Å². The van der Waals surface area contributed by atoms with Crippen molar-refractivity contribution in [3.63, 3.8) is 0 Å². The summed E-state index contributed by atoms with van der Waals surface area (Å²) in [5, 5.41) is 7.63. The minimum Gasteiger partial charge on any atom is -0.493 e. The Morgan fingerprint density at radius 2 is 1.49 bits per heavy atom. The molecule has 16 heteroatoms. The number of sulfonamides is 1. The molecule has 2 aliphatic rings. The Bertz CT molecular complexity index is 1730. The van der Waals surface area contributed by atoms with E-state index < -0.39 is 45.6 Å². The number of halogens is 6. The standard InChI is InChI=1S/C33H38ClF2N3O4S.C2HF3O2/c34-27-11-9-24(10-12-27)25-7-4-8-26(21-25)33(35,36)31(32(40)39-19-17-28(37)18-20-39)38-44(41,42)30-15-13-29(14-16-30)43-22-23-5-2-1-3-6-23;3-2(4,5)1(6)7/h4,7-16,21,23,28,31,38H,1-3,5-6,17-20,22,37H2;(H,6,7). The lowest BCUT2D eigenvalue weighted by Gasteiger charge is -2.35. The van der Waals surface area contributed by atoms with Crippen molar-refractivity contribution in [1.29, 1.82) is 0 Å². The van der Waals surface area contributed by atoms with E-state index in [1.54, 1.807) is 30.3 Å². The van der Waals surface area contributed by atoms with Gasteiger partial charge in [-0.15, -0.1) is 0 Å². The number of nitrogens with zero attached hydrogens (tertiary/aromatic N) is 1. The quantitative estimate of drug-likeness (QED) is 0.190. The van der Waals surface area contributed by atoms with Crippen LogP contribution in [0.3, 0.4) is 0 Å². The molecule has 1 aliphatic carbocycles. The fourth-order valence-electron chi connectivity index (χ4n) is 5.80. The third kappa shape index (κ3) is 11.1. The molecule has 1 atom stereocenters. The third-order valence-corrected chi connectivity index (χ3v) is 10.4. The summed E-state index contributed by atoms with van der Waals surface area (Å²) >= 11 is 5.99. The van der Waals surface area contributed by atoms with E-state index >= 15 is 8.78 Å². The maximum absolute atomic E-state index is 16.4. The molecule has 9 nitrogen and oxygen atoms in total. The number of rotatable bonds is 10. The number of carbonyl (C=O) groups is 2. The lowest BCUT2D eigenvalue weighted by Crippen LogP contribution is -2.58. The number of hydrogen-bond donors (Lipinski definition) is 3. The van der Waals surface area contributed by atoms with Gasteiger partial charge in [0.25, 0.3) is 5.92 Å². The van der Waals surface area contributed by atoms with Gasteiger partial charge >= 0.3 is 12.1 Å². The third-order valence-electron chi connectivity index (χ3n) is 8.75. The van der Waals surface area contributed by atoms with Crippen LogP contribution in [0.25, 0.3) is 11.1 Å². The van der Waals surface area contributed by atoms with E-state index in [1.807, 2.05) is 0 Å². The molecule has 1 heterocycles. The van der Waals surface area contributed by atoms with Crippen molar-refractivity contribution in [1.82, 2.24) is 9.62 Å². The molecular formula is C35H39ClF5N3O6S. The Balaban J connectivity index is 0.000000755. The van der Waals surface area contributed by atoms with E-state index in [9.17, 15) is 26.4 Å². The van der Waals surface area contributed by atoms with Crippen molar-refractivity contribution in [2.24, 2.45) is 11.7 Å². The summed E-state index contributed by atoms with van der Waals surface area (Å²) in [6, 6.07) is 15.4. The number of likely N-dealkylation sites (tertiary alicyclic amines) is 1. The molecule has 1 unspecified atom stereocenters. The largest absolute Gasteiger partial charge is 0.493 e. The number of piperidine rings is 1. The molecule has 1 amide bonds. The molecule has 0 spiro atoms. The molecule has 1 saturated heterocycles. The number of alkyl halides is 5. The van der Waals surface area contributed by atoms with Crippen LogP contribution in [0.2, 0.25) is 5.02 Å². The molecule has 3 aromatic carbocycles. The molecular weight excluding hydrogens is 721 g/mol. The first-order valence-corrected chi connectivity index (χ1v) is 18.2. The molecule has 0 bridgehead atoms. The number of nitrogens with two attached hydrogens (primary N) is 1. The number of carboxylic acids is 1. The van der Waals surface area contributed by atoms with E-state index in [0.717, 1.165) is 12.8 Å². The first-order valence-electron chi connectivity index (χ1n) is 16.3. The van der Waals surface area contributed by atoms with Crippen LogP contribution >= 0.6 is 11.6 Å². The average Bonchev–Trinajstić information content (AvgIpc) is 3.10. The van der Waals surface area contributed by atoms with Crippen LogP contribution in [0.15, 0.2) is 77.7 Å². The highest BCUT2D eigenvalue weighted by Gasteiger charge is 2.50. The second-order valence-corrected chi connectivity index (χ2v) is 14.7. The highest BCUT2D eigenvalue weighted by atomic mass is 35.5. The predicted octanol–water partition coefficient (Wildman–Crippen LogP) is 6.99. The molecule has 1 aliphatic heterocycles. The van der Waals surface area contributed by atoms with Gasteiger partial charge in [-0.1, -0.05) is 61.2 Å². The fourth-order valence-corrected chi connectivity index (χ4v) is 7.12. The maximum atomic E-state index is 16.4. The second kappa shape index (κ2) is 17.2. The van der Waals surface area contributed by atoms with Crippen LogP contribution in [0.5, 0.6) is 5.75 Å². The van der Waals surface area contributed by atoms with Gasteiger partial charge in [0.05, 0.1) is 11.5 Å². The summed E-state index contributed by atoms with van der Waals surface area (Å²) in [7, 11) is -4.54. The van der Waals surface area contributed by atoms with Gasteiger partial charge in [0.1, 0.15) is 5.75 Å². The van der Waals surface area contributed by atoms with Crippen LogP contribution < -0.4 is 15.2 Å². The second-order valence-electron chi connectivity index (χ2n) is 12.5. The summed E-state index contributed by atoms with van der Waals surface area (Å²) in [4.78, 5) is 23.6. The van der Waals surface area contributed by atoms with Gasteiger partial charge < -0.3 is 20.5 Å². The van der Waals surface area contributed by atoms with E-state index in [0.29, 0.717) is 47.3 Å². The summed E-state index contributed by atoms with van der Waals surface area (Å²) < 4.78 is 99.5. The number of amides is 1. The summed E-state index contributed by atoms with van der Waals surface area (Å²) in [6.45, 7) is 0.861. The number of nitrogens with one attached hydrogen (secondary N) is 1. The van der Waals surface area contributed by atoms with Crippen LogP contribution in [0, 0.1) is 5.92 Å². The van der Waals surface area contributed by atoms with Gasteiger partial charge in [-0.05, 0) is 85.2 Å². The van der Waals surface area contributed by atoms with Crippen molar-refractivity contribution in [3.8, 4) is 16.9 Å². The zero-order chi connectivity index (χ0) is 37.4. The van der Waals surface area contributed by atoms with E-state index in [4.69, 9.17) is 32.0 Å². The van der Waals surface area contributed by atoms with Crippen LogP contribution in [0.4, 0.5) is 22.0 Å². The average molecular weight is 760 g/mol. The van der Waals surface area contributed by atoms with Crippen LogP contribution in [0.1, 0.15) is 50.5 Å². The predicted molar refractivity (Wildman–Crippen MR) is 181 cm³/mol. The van der Waals surface area contributed by atoms with Gasteiger partial charge in [-0.2, -0.15) is 26.7 Å². The van der Waals surface area contributed by atoms with Gasteiger partial charge in [0, 0.05) is 29.7 Å². The molecule has 0 aromatic heterocycles. The monoisotopic (exact) mass is 759 g/mol. The van der Waals surface area contributed by atoms with Gasteiger partial charge in [0.15, 0.2) is 6.04 Å². The highest BCUT2D eigenvalue weighted by molar-refractivity contribution is 7.89. The minimum absolute atomic E-state index is 0.149. The molecule has 51 heavy (non-hydrogen) atoms. The van der Waals surface area contributed by atoms with Gasteiger partial charge in [-0.3, -0.25) is 4.79 Å². The number of aliphatic carboxylic acids is 1. The number of carboxylic acid groups (broad SMARTS) is 1. The topological polar surface area (TPSA) is 139 Å². The van der Waals surface area contributed by atoms with Gasteiger partial charge in [-0.25, -0.2) is 13.2 Å².